The van der Waals surface area contributed by atoms with Gasteiger partial charge < -0.3 is 19.7 Å². The molecule has 9 heteroatoms. The lowest BCUT2D eigenvalue weighted by Crippen LogP contribution is -2.11. The van der Waals surface area contributed by atoms with Crippen LogP contribution < -0.4 is 10.1 Å². The van der Waals surface area contributed by atoms with Crippen LogP contribution in [-0.2, 0) is 6.54 Å². The highest BCUT2D eigenvalue weighted by Crippen LogP contribution is 2.30. The summed E-state index contributed by atoms with van der Waals surface area (Å²) in [7, 11) is 1.64. The molecule has 0 bridgehead atoms. The predicted octanol–water partition coefficient (Wildman–Crippen LogP) is 4.30. The largest absolute Gasteiger partial charge is 0.497 e. The molecule has 0 radical (unpaired) electrons. The van der Waals surface area contributed by atoms with Crippen molar-refractivity contribution in [2.45, 2.75) is 19.5 Å². The fourth-order valence-corrected chi connectivity index (χ4v) is 4.09. The number of methoxy groups -OCH3 is 1. The Kier molecular flexibility index (Phi) is 5.51. The molecule has 0 saturated heterocycles. The molecule has 9 nitrogen and oxygen atoms in total. The van der Waals surface area contributed by atoms with Crippen molar-refractivity contribution >= 4 is 33.7 Å². The Labute approximate surface area is 195 Å². The number of carbonyl (C=O) groups is 1. The summed E-state index contributed by atoms with van der Waals surface area (Å²) in [6, 6.07) is 15.1. The summed E-state index contributed by atoms with van der Waals surface area (Å²) in [5.41, 5.74) is 3.27. The Morgan fingerprint density at radius 2 is 1.91 bits per heavy atom. The number of anilines is 1. The molecule has 0 spiro atoms. The van der Waals surface area contributed by atoms with Gasteiger partial charge in [-0.15, -0.1) is 0 Å². The van der Waals surface area contributed by atoms with Crippen molar-refractivity contribution in [3.05, 3.63) is 84.2 Å². The molecule has 0 aliphatic carbocycles. The van der Waals surface area contributed by atoms with Crippen molar-refractivity contribution in [3.63, 3.8) is 0 Å². The summed E-state index contributed by atoms with van der Waals surface area (Å²) in [4.78, 5) is 29.3. The molecule has 0 saturated carbocycles. The normalized spacial score (nSPS) is 12.1. The summed E-state index contributed by atoms with van der Waals surface area (Å²) in [5.74, 6) is 0.312. The molecule has 2 N–H and O–H groups in total. The van der Waals surface area contributed by atoms with Gasteiger partial charge in [0.1, 0.15) is 17.6 Å². The molecule has 5 rings (SSSR count). The first-order valence-electron chi connectivity index (χ1n) is 10.7. The standard InChI is InChI=1S/C25H22N6O3/c1-15(19-5-3-4-17-10-11-26-21(20(17)19)25(32)33)30-23-22-24(28-13-27-23)31(14-29-22)12-16-6-8-18(34-2)9-7-16/h3-11,13-15H,12H2,1-2H3,(H,32,33)(H,27,28,30). The Hall–Kier alpha value is -4.53. The summed E-state index contributed by atoms with van der Waals surface area (Å²) < 4.78 is 7.18. The number of aromatic nitrogens is 5. The Balaban J connectivity index is 1.47. The van der Waals surface area contributed by atoms with Gasteiger partial charge in [0, 0.05) is 11.6 Å². The minimum atomic E-state index is -1.06. The van der Waals surface area contributed by atoms with Crippen LogP contribution in [0, 0.1) is 0 Å². The van der Waals surface area contributed by atoms with Crippen LogP contribution in [0.15, 0.2) is 67.4 Å². The van der Waals surface area contributed by atoms with Crippen molar-refractivity contribution in [1.82, 2.24) is 24.5 Å². The van der Waals surface area contributed by atoms with Gasteiger partial charge in [-0.1, -0.05) is 30.3 Å². The first-order valence-corrected chi connectivity index (χ1v) is 10.7. The number of imidazole rings is 1. The molecule has 0 aliphatic heterocycles. The molecular formula is C25H22N6O3. The zero-order valence-electron chi connectivity index (χ0n) is 18.6. The van der Waals surface area contributed by atoms with Gasteiger partial charge in [-0.2, -0.15) is 0 Å². The second-order valence-electron chi connectivity index (χ2n) is 7.89. The number of carboxylic acid groups (broad SMARTS) is 1. The van der Waals surface area contributed by atoms with Crippen molar-refractivity contribution in [1.29, 1.82) is 0 Å². The van der Waals surface area contributed by atoms with Gasteiger partial charge in [0.05, 0.1) is 26.0 Å². The lowest BCUT2D eigenvalue weighted by Gasteiger charge is -2.18. The minimum Gasteiger partial charge on any atom is -0.497 e. The molecule has 0 aliphatic rings. The number of nitrogens with one attached hydrogen (secondary N) is 1. The van der Waals surface area contributed by atoms with Crippen LogP contribution in [0.3, 0.4) is 0 Å². The maximum Gasteiger partial charge on any atom is 0.355 e. The third-order valence-electron chi connectivity index (χ3n) is 5.76. The van der Waals surface area contributed by atoms with E-state index in [2.05, 4.69) is 25.3 Å². The van der Waals surface area contributed by atoms with E-state index in [4.69, 9.17) is 4.74 Å². The monoisotopic (exact) mass is 454 g/mol. The van der Waals surface area contributed by atoms with Gasteiger partial charge in [-0.05, 0) is 41.6 Å². The number of carboxylic acids is 1. The predicted molar refractivity (Wildman–Crippen MR) is 128 cm³/mol. The molecule has 5 aromatic rings. The van der Waals surface area contributed by atoms with Crippen LogP contribution in [0.2, 0.25) is 0 Å². The average molecular weight is 454 g/mol. The van der Waals surface area contributed by atoms with E-state index in [-0.39, 0.29) is 11.7 Å². The van der Waals surface area contributed by atoms with Gasteiger partial charge in [-0.25, -0.2) is 24.7 Å². The fraction of sp³-hybridized carbons (Fsp3) is 0.160. The van der Waals surface area contributed by atoms with E-state index in [1.165, 1.54) is 12.5 Å². The summed E-state index contributed by atoms with van der Waals surface area (Å²) in [6.07, 6.45) is 4.75. The van der Waals surface area contributed by atoms with Crippen LogP contribution in [0.1, 0.15) is 34.6 Å². The average Bonchev–Trinajstić information content (AvgIpc) is 3.27. The zero-order valence-corrected chi connectivity index (χ0v) is 18.6. The van der Waals surface area contributed by atoms with Crippen molar-refractivity contribution in [2.24, 2.45) is 0 Å². The van der Waals surface area contributed by atoms with Crippen molar-refractivity contribution in [2.75, 3.05) is 12.4 Å². The van der Waals surface area contributed by atoms with Gasteiger partial charge in [-0.3, -0.25) is 0 Å². The van der Waals surface area contributed by atoms with E-state index >= 15 is 0 Å². The third kappa shape index (κ3) is 3.88. The maximum absolute atomic E-state index is 11.8. The van der Waals surface area contributed by atoms with Crippen LogP contribution >= 0.6 is 0 Å². The number of hydrogen-bond donors (Lipinski definition) is 2. The van der Waals surface area contributed by atoms with E-state index in [0.29, 0.717) is 28.9 Å². The number of nitrogens with zero attached hydrogens (tertiary/aromatic N) is 5. The van der Waals surface area contributed by atoms with E-state index in [0.717, 1.165) is 22.3 Å². The molecule has 3 heterocycles. The van der Waals surface area contributed by atoms with Crippen LogP contribution in [0.25, 0.3) is 21.9 Å². The SMILES string of the molecule is COc1ccc(Cn2cnc3c(NC(C)c4cccc5ccnc(C(=O)O)c45)ncnc32)cc1. The molecule has 34 heavy (non-hydrogen) atoms. The smallest absolute Gasteiger partial charge is 0.355 e. The fourth-order valence-electron chi connectivity index (χ4n) is 4.09. The Morgan fingerprint density at radius 1 is 1.09 bits per heavy atom. The van der Waals surface area contributed by atoms with Gasteiger partial charge >= 0.3 is 5.97 Å². The lowest BCUT2D eigenvalue weighted by atomic mass is 9.98. The molecule has 2 aromatic carbocycles. The second-order valence-corrected chi connectivity index (χ2v) is 7.89. The summed E-state index contributed by atoms with van der Waals surface area (Å²) >= 11 is 0. The summed E-state index contributed by atoms with van der Waals surface area (Å²) in [5, 5.41) is 14.5. The highest BCUT2D eigenvalue weighted by atomic mass is 16.5. The number of ether oxygens (including phenoxy) is 1. The minimum absolute atomic E-state index is 0.0263. The number of aromatic carboxylic acids is 1. The van der Waals surface area contributed by atoms with Crippen molar-refractivity contribution < 1.29 is 14.6 Å². The number of hydrogen-bond acceptors (Lipinski definition) is 7. The Morgan fingerprint density at radius 3 is 2.68 bits per heavy atom. The van der Waals surface area contributed by atoms with Crippen molar-refractivity contribution in [3.8, 4) is 5.75 Å². The second kappa shape index (κ2) is 8.78. The Bertz CT molecular complexity index is 1490. The zero-order chi connectivity index (χ0) is 23.7. The van der Waals surface area contributed by atoms with Gasteiger partial charge in [0.25, 0.3) is 0 Å². The molecule has 1 unspecified atom stereocenters. The molecular weight excluding hydrogens is 432 g/mol. The van der Waals surface area contributed by atoms with Gasteiger partial charge in [0.2, 0.25) is 0 Å². The highest BCUT2D eigenvalue weighted by Gasteiger charge is 2.19. The third-order valence-corrected chi connectivity index (χ3v) is 5.76. The topological polar surface area (TPSA) is 115 Å². The number of rotatable bonds is 7. The number of pyridine rings is 1. The van der Waals surface area contributed by atoms with Gasteiger partial charge in [0.15, 0.2) is 17.2 Å². The number of benzene rings is 2. The van der Waals surface area contributed by atoms with Crippen LogP contribution in [0.5, 0.6) is 5.75 Å². The van der Waals surface area contributed by atoms with E-state index < -0.39 is 5.97 Å². The number of fused-ring (bicyclic) bond motifs is 2. The first kappa shape index (κ1) is 21.3. The highest BCUT2D eigenvalue weighted by molar-refractivity contribution is 6.03. The quantitative estimate of drug-likeness (QED) is 0.374. The summed E-state index contributed by atoms with van der Waals surface area (Å²) in [6.45, 7) is 2.55. The molecule has 1 atom stereocenters. The van der Waals surface area contributed by atoms with E-state index in [9.17, 15) is 9.90 Å². The molecule has 0 amide bonds. The van der Waals surface area contributed by atoms with E-state index in [1.54, 1.807) is 13.4 Å². The molecule has 3 aromatic heterocycles. The first-order chi connectivity index (χ1) is 16.5. The van der Waals surface area contributed by atoms with Crippen LogP contribution in [0.4, 0.5) is 5.82 Å². The van der Waals surface area contributed by atoms with E-state index in [1.807, 2.05) is 60.0 Å². The lowest BCUT2D eigenvalue weighted by molar-refractivity contribution is 0.0693. The van der Waals surface area contributed by atoms with Crippen LogP contribution in [-0.4, -0.2) is 42.7 Å². The maximum atomic E-state index is 11.8. The molecule has 0 fully saturated rings. The molecule has 170 valence electrons.